The molecule has 2 heterocycles. The quantitative estimate of drug-likeness (QED) is 0.580. The van der Waals surface area contributed by atoms with Crippen LogP contribution in [0.3, 0.4) is 0 Å². The molecular formula is C13H11N3O2S2. The number of hydrogen-bond acceptors (Lipinski definition) is 6. The molecule has 7 heteroatoms. The minimum absolute atomic E-state index is 0.0951. The number of rotatable bonds is 4. The Morgan fingerprint density at radius 3 is 3.00 bits per heavy atom. The van der Waals surface area contributed by atoms with Crippen molar-refractivity contribution >= 4 is 44.3 Å². The molecule has 1 aromatic carbocycles. The van der Waals surface area contributed by atoms with Crippen LogP contribution in [0.2, 0.25) is 0 Å². The molecule has 0 saturated carbocycles. The fourth-order valence-corrected chi connectivity index (χ4v) is 3.45. The van der Waals surface area contributed by atoms with Gasteiger partial charge in [-0.05, 0) is 24.4 Å². The largest absolute Gasteiger partial charge is 0.375 e. The van der Waals surface area contributed by atoms with Gasteiger partial charge >= 0.3 is 0 Å². The number of anilines is 1. The van der Waals surface area contributed by atoms with Crippen LogP contribution in [0.1, 0.15) is 9.88 Å². The first-order valence-electron chi connectivity index (χ1n) is 5.95. The number of nitro groups is 1. The molecule has 102 valence electrons. The Bertz CT molecular complexity index is 765. The molecule has 5 nitrogen and oxygen atoms in total. The van der Waals surface area contributed by atoms with Crippen LogP contribution < -0.4 is 5.32 Å². The molecule has 0 aliphatic heterocycles. The van der Waals surface area contributed by atoms with Gasteiger partial charge in [0.1, 0.15) is 5.69 Å². The van der Waals surface area contributed by atoms with E-state index in [9.17, 15) is 10.1 Å². The lowest BCUT2D eigenvalue weighted by atomic mass is 10.2. The zero-order chi connectivity index (χ0) is 14.1. The Labute approximate surface area is 123 Å². The summed E-state index contributed by atoms with van der Waals surface area (Å²) in [7, 11) is 0. The molecule has 0 bridgehead atoms. The number of aryl methyl sites for hydroxylation is 1. The zero-order valence-electron chi connectivity index (χ0n) is 10.6. The molecule has 0 spiro atoms. The van der Waals surface area contributed by atoms with E-state index < -0.39 is 0 Å². The number of benzene rings is 1. The summed E-state index contributed by atoms with van der Waals surface area (Å²) in [6.07, 6.45) is 0. The van der Waals surface area contributed by atoms with Gasteiger partial charge in [-0.1, -0.05) is 6.07 Å². The van der Waals surface area contributed by atoms with Crippen molar-refractivity contribution in [2.24, 2.45) is 0 Å². The maximum absolute atomic E-state index is 11.2. The summed E-state index contributed by atoms with van der Waals surface area (Å²) in [5.41, 5.74) is 1.41. The molecule has 0 amide bonds. The number of aromatic nitrogens is 1. The molecule has 0 fully saturated rings. The van der Waals surface area contributed by atoms with Crippen LogP contribution in [0.4, 0.5) is 11.4 Å². The predicted molar refractivity (Wildman–Crippen MR) is 82.7 cm³/mol. The first-order valence-corrected chi connectivity index (χ1v) is 7.65. The predicted octanol–water partition coefficient (Wildman–Crippen LogP) is 4.19. The van der Waals surface area contributed by atoms with Crippen molar-refractivity contribution in [3.8, 4) is 0 Å². The van der Waals surface area contributed by atoms with E-state index in [1.54, 1.807) is 23.5 Å². The molecule has 0 aliphatic carbocycles. The van der Waals surface area contributed by atoms with Gasteiger partial charge in [0.2, 0.25) is 0 Å². The van der Waals surface area contributed by atoms with Crippen LogP contribution in [0.25, 0.3) is 10.2 Å². The molecular weight excluding hydrogens is 294 g/mol. The summed E-state index contributed by atoms with van der Waals surface area (Å²) in [5.74, 6) is 0. The minimum atomic E-state index is -0.356. The Balaban J connectivity index is 1.98. The number of nitrogens with zero attached hydrogens (tertiary/aromatic N) is 2. The second-order valence-electron chi connectivity index (χ2n) is 4.26. The normalized spacial score (nSPS) is 10.8. The van der Waals surface area contributed by atoms with E-state index in [1.807, 2.05) is 24.4 Å². The summed E-state index contributed by atoms with van der Waals surface area (Å²) < 4.78 is 0.843. The van der Waals surface area contributed by atoms with E-state index in [4.69, 9.17) is 0 Å². The maximum atomic E-state index is 11.2. The fourth-order valence-electron chi connectivity index (χ4n) is 1.97. The van der Waals surface area contributed by atoms with Gasteiger partial charge in [-0.15, -0.1) is 22.7 Å². The summed E-state index contributed by atoms with van der Waals surface area (Å²) in [6.45, 7) is 2.47. The van der Waals surface area contributed by atoms with E-state index in [1.165, 1.54) is 11.3 Å². The van der Waals surface area contributed by atoms with Crippen LogP contribution >= 0.6 is 22.7 Å². The molecule has 0 saturated heterocycles. The second kappa shape index (κ2) is 5.18. The summed E-state index contributed by atoms with van der Waals surface area (Å²) >= 11 is 3.09. The van der Waals surface area contributed by atoms with Crippen molar-refractivity contribution in [3.63, 3.8) is 0 Å². The summed E-state index contributed by atoms with van der Waals surface area (Å²) in [4.78, 5) is 16.3. The Hall–Kier alpha value is -1.99. The highest BCUT2D eigenvalue weighted by molar-refractivity contribution is 7.18. The third-order valence-electron chi connectivity index (χ3n) is 2.84. The molecule has 0 aliphatic rings. The van der Waals surface area contributed by atoms with Crippen LogP contribution in [-0.2, 0) is 6.54 Å². The fraction of sp³-hybridized carbons (Fsp3) is 0.154. The molecule has 2 aromatic heterocycles. The first kappa shape index (κ1) is 13.0. The third kappa shape index (κ3) is 2.50. The number of thiophene rings is 1. The van der Waals surface area contributed by atoms with Crippen molar-refractivity contribution in [1.82, 2.24) is 4.98 Å². The van der Waals surface area contributed by atoms with Crippen molar-refractivity contribution < 1.29 is 4.92 Å². The van der Waals surface area contributed by atoms with Crippen molar-refractivity contribution in [1.29, 1.82) is 0 Å². The molecule has 0 radical (unpaired) electrons. The Kier molecular flexibility index (Phi) is 3.37. The highest BCUT2D eigenvalue weighted by atomic mass is 32.1. The molecule has 1 N–H and O–H groups in total. The van der Waals surface area contributed by atoms with E-state index in [0.717, 1.165) is 20.1 Å². The molecule has 3 rings (SSSR count). The molecule has 0 atom stereocenters. The zero-order valence-corrected chi connectivity index (χ0v) is 12.3. The van der Waals surface area contributed by atoms with Gasteiger partial charge in [0.15, 0.2) is 0 Å². The minimum Gasteiger partial charge on any atom is -0.375 e. The van der Waals surface area contributed by atoms with E-state index in [-0.39, 0.29) is 10.6 Å². The van der Waals surface area contributed by atoms with Crippen molar-refractivity contribution in [2.45, 2.75) is 13.5 Å². The van der Waals surface area contributed by atoms with Gasteiger partial charge in [0.25, 0.3) is 5.69 Å². The van der Waals surface area contributed by atoms with Crippen LogP contribution in [0, 0.1) is 17.0 Å². The second-order valence-corrected chi connectivity index (χ2v) is 6.53. The van der Waals surface area contributed by atoms with E-state index >= 15 is 0 Å². The van der Waals surface area contributed by atoms with Crippen molar-refractivity contribution in [3.05, 3.63) is 49.6 Å². The average Bonchev–Trinajstić information content (AvgIpc) is 3.02. The number of thiazole rings is 1. The molecule has 20 heavy (non-hydrogen) atoms. The Morgan fingerprint density at radius 1 is 1.45 bits per heavy atom. The highest BCUT2D eigenvalue weighted by Gasteiger charge is 2.17. The first-order chi connectivity index (χ1) is 9.63. The Morgan fingerprint density at radius 2 is 2.30 bits per heavy atom. The van der Waals surface area contributed by atoms with Gasteiger partial charge in [-0.3, -0.25) is 10.1 Å². The molecule has 3 aromatic rings. The van der Waals surface area contributed by atoms with Crippen molar-refractivity contribution in [2.75, 3.05) is 5.32 Å². The van der Waals surface area contributed by atoms with Gasteiger partial charge in [-0.2, -0.15) is 0 Å². The monoisotopic (exact) mass is 305 g/mol. The topological polar surface area (TPSA) is 68.1 Å². The lowest BCUT2D eigenvalue weighted by molar-refractivity contribution is -0.383. The lowest BCUT2D eigenvalue weighted by Gasteiger charge is -2.05. The number of nitro benzene ring substituents is 1. The highest BCUT2D eigenvalue weighted by Crippen LogP contribution is 2.33. The summed E-state index contributed by atoms with van der Waals surface area (Å²) in [5, 5.41) is 17.2. The lowest BCUT2D eigenvalue weighted by Crippen LogP contribution is -2.01. The summed E-state index contributed by atoms with van der Waals surface area (Å²) in [6, 6.07) is 7.30. The van der Waals surface area contributed by atoms with E-state index in [0.29, 0.717) is 12.2 Å². The van der Waals surface area contributed by atoms with Gasteiger partial charge in [0.05, 0.1) is 20.1 Å². The van der Waals surface area contributed by atoms with Gasteiger partial charge in [-0.25, -0.2) is 4.98 Å². The number of nitrogens with one attached hydrogen (secondary N) is 1. The SMILES string of the molecule is Cc1nc2cc(NCc3cccs3)c([N+](=O)[O-])cc2s1. The molecule has 0 unspecified atom stereocenters. The number of fused-ring (bicyclic) bond motifs is 1. The standard InChI is InChI=1S/C13H11N3O2S2/c1-8-15-11-5-10(14-7-9-3-2-4-19-9)12(16(17)18)6-13(11)20-8/h2-6,14H,7H2,1H3. The smallest absolute Gasteiger partial charge is 0.293 e. The maximum Gasteiger partial charge on any atom is 0.293 e. The van der Waals surface area contributed by atoms with Crippen LogP contribution in [0.15, 0.2) is 29.6 Å². The average molecular weight is 305 g/mol. The van der Waals surface area contributed by atoms with Gasteiger partial charge < -0.3 is 5.32 Å². The van der Waals surface area contributed by atoms with E-state index in [2.05, 4.69) is 10.3 Å². The number of hydrogen-bond donors (Lipinski definition) is 1. The van der Waals surface area contributed by atoms with Crippen LogP contribution in [-0.4, -0.2) is 9.91 Å². The van der Waals surface area contributed by atoms with Gasteiger partial charge in [0, 0.05) is 17.5 Å². The third-order valence-corrected chi connectivity index (χ3v) is 4.65. The van der Waals surface area contributed by atoms with Crippen LogP contribution in [0.5, 0.6) is 0 Å².